The van der Waals surface area contributed by atoms with Crippen LogP contribution >= 0.6 is 0 Å². The molecular weight excluding hydrogens is 288 g/mol. The Morgan fingerprint density at radius 2 is 1.61 bits per heavy atom. The summed E-state index contributed by atoms with van der Waals surface area (Å²) >= 11 is 0. The van der Waals surface area contributed by atoms with Gasteiger partial charge < -0.3 is 10.6 Å². The number of amides is 2. The van der Waals surface area contributed by atoms with Gasteiger partial charge in [-0.2, -0.15) is 0 Å². The van der Waals surface area contributed by atoms with E-state index in [1.165, 1.54) is 19.3 Å². The zero-order chi connectivity index (χ0) is 16.9. The molecule has 4 heteroatoms. The predicted molar refractivity (Wildman–Crippen MR) is 94.0 cm³/mol. The van der Waals surface area contributed by atoms with E-state index in [0.717, 1.165) is 18.4 Å². The molecule has 0 spiro atoms. The third kappa shape index (κ3) is 9.01. The van der Waals surface area contributed by atoms with Crippen LogP contribution in [0.15, 0.2) is 30.3 Å². The second-order valence-corrected chi connectivity index (χ2v) is 5.96. The summed E-state index contributed by atoms with van der Waals surface area (Å²) < 4.78 is 0. The highest BCUT2D eigenvalue weighted by Gasteiger charge is 2.10. The van der Waals surface area contributed by atoms with Gasteiger partial charge in [0.2, 0.25) is 11.8 Å². The van der Waals surface area contributed by atoms with Crippen LogP contribution in [0.5, 0.6) is 0 Å². The fraction of sp³-hybridized carbons (Fsp3) is 0.579. The van der Waals surface area contributed by atoms with Crippen molar-refractivity contribution in [1.82, 2.24) is 10.6 Å². The minimum absolute atomic E-state index is 0.0367. The highest BCUT2D eigenvalue weighted by atomic mass is 16.2. The lowest BCUT2D eigenvalue weighted by Gasteiger charge is -2.14. The van der Waals surface area contributed by atoms with Gasteiger partial charge in [-0.3, -0.25) is 9.59 Å². The van der Waals surface area contributed by atoms with Crippen molar-refractivity contribution in [3.8, 4) is 0 Å². The summed E-state index contributed by atoms with van der Waals surface area (Å²) in [7, 11) is 0. The molecule has 0 aliphatic heterocycles. The molecule has 0 heterocycles. The van der Waals surface area contributed by atoms with Crippen molar-refractivity contribution in [3.63, 3.8) is 0 Å². The van der Waals surface area contributed by atoms with E-state index in [0.29, 0.717) is 6.54 Å². The minimum atomic E-state index is -0.0838. The lowest BCUT2D eigenvalue weighted by atomic mass is 10.1. The van der Waals surface area contributed by atoms with Gasteiger partial charge in [-0.25, -0.2) is 0 Å². The molecule has 0 aromatic heterocycles. The standard InChI is InChI=1S/C19H30N2O2/c1-3-4-5-6-10-15-20-18(22)13-14-19(23)21-16(2)17-11-8-7-9-12-17/h7-9,11-12,16H,3-6,10,13-15H2,1-2H3,(H,20,22)(H,21,23)/t16-/m0/s1. The summed E-state index contributed by atoms with van der Waals surface area (Å²) in [4.78, 5) is 23.6. The summed E-state index contributed by atoms with van der Waals surface area (Å²) in [5.74, 6) is -0.123. The number of carbonyl (C=O) groups excluding carboxylic acids is 2. The van der Waals surface area contributed by atoms with E-state index in [9.17, 15) is 9.59 Å². The van der Waals surface area contributed by atoms with E-state index in [-0.39, 0.29) is 30.7 Å². The topological polar surface area (TPSA) is 58.2 Å². The van der Waals surface area contributed by atoms with Crippen molar-refractivity contribution >= 4 is 11.8 Å². The highest BCUT2D eigenvalue weighted by molar-refractivity contribution is 5.83. The lowest BCUT2D eigenvalue weighted by molar-refractivity contribution is -0.126. The van der Waals surface area contributed by atoms with Gasteiger partial charge in [0.15, 0.2) is 0 Å². The molecule has 1 atom stereocenters. The van der Waals surface area contributed by atoms with Crippen molar-refractivity contribution < 1.29 is 9.59 Å². The van der Waals surface area contributed by atoms with Gasteiger partial charge in [-0.05, 0) is 18.9 Å². The second-order valence-electron chi connectivity index (χ2n) is 5.96. The van der Waals surface area contributed by atoms with E-state index in [4.69, 9.17) is 0 Å². The molecule has 0 unspecified atom stereocenters. The van der Waals surface area contributed by atoms with Gasteiger partial charge in [0.1, 0.15) is 0 Å². The summed E-state index contributed by atoms with van der Waals surface area (Å²) in [5, 5.41) is 5.80. The maximum absolute atomic E-state index is 11.9. The fourth-order valence-corrected chi connectivity index (χ4v) is 2.41. The summed E-state index contributed by atoms with van der Waals surface area (Å²) in [6, 6.07) is 9.78. The molecule has 0 saturated carbocycles. The smallest absolute Gasteiger partial charge is 0.220 e. The van der Waals surface area contributed by atoms with Crippen LogP contribution in [0.1, 0.15) is 70.4 Å². The average molecular weight is 318 g/mol. The first-order valence-electron chi connectivity index (χ1n) is 8.74. The fourth-order valence-electron chi connectivity index (χ4n) is 2.41. The molecule has 4 nitrogen and oxygen atoms in total. The van der Waals surface area contributed by atoms with Crippen molar-refractivity contribution in [2.45, 2.75) is 64.8 Å². The normalized spacial score (nSPS) is 11.7. The summed E-state index contributed by atoms with van der Waals surface area (Å²) in [6.07, 6.45) is 6.37. The molecule has 0 saturated heterocycles. The molecule has 1 rings (SSSR count). The number of hydrogen-bond donors (Lipinski definition) is 2. The molecular formula is C19H30N2O2. The van der Waals surface area contributed by atoms with Crippen LogP contribution in [0.3, 0.4) is 0 Å². The van der Waals surface area contributed by atoms with Crippen molar-refractivity contribution in [2.24, 2.45) is 0 Å². The average Bonchev–Trinajstić information content (AvgIpc) is 2.57. The maximum Gasteiger partial charge on any atom is 0.220 e. The van der Waals surface area contributed by atoms with Crippen LogP contribution < -0.4 is 10.6 Å². The molecule has 23 heavy (non-hydrogen) atoms. The first-order chi connectivity index (χ1) is 11.1. The SMILES string of the molecule is CCCCCCCNC(=O)CCC(=O)N[C@@H](C)c1ccccc1. The predicted octanol–water partition coefficient (Wildman–Crippen LogP) is 3.73. The van der Waals surface area contributed by atoms with Crippen molar-refractivity contribution in [3.05, 3.63) is 35.9 Å². The Hall–Kier alpha value is -1.84. The van der Waals surface area contributed by atoms with Crippen LogP contribution in [0, 0.1) is 0 Å². The Kier molecular flexibility index (Phi) is 9.76. The quantitative estimate of drug-likeness (QED) is 0.611. The van der Waals surface area contributed by atoms with E-state index < -0.39 is 0 Å². The largest absolute Gasteiger partial charge is 0.356 e. The molecule has 1 aromatic carbocycles. The third-order valence-corrected chi connectivity index (χ3v) is 3.86. The molecule has 0 aliphatic carbocycles. The first-order valence-corrected chi connectivity index (χ1v) is 8.74. The van der Waals surface area contributed by atoms with Crippen molar-refractivity contribution in [2.75, 3.05) is 6.54 Å². The Morgan fingerprint density at radius 1 is 0.957 bits per heavy atom. The Labute approximate surface area is 140 Å². The maximum atomic E-state index is 11.9. The van der Waals surface area contributed by atoms with Crippen molar-refractivity contribution in [1.29, 1.82) is 0 Å². The number of rotatable bonds is 11. The van der Waals surface area contributed by atoms with Gasteiger partial charge in [0.25, 0.3) is 0 Å². The summed E-state index contributed by atoms with van der Waals surface area (Å²) in [6.45, 7) is 4.85. The number of unbranched alkanes of at least 4 members (excludes halogenated alkanes) is 4. The van der Waals surface area contributed by atoms with E-state index in [2.05, 4.69) is 17.6 Å². The van der Waals surface area contributed by atoms with Gasteiger partial charge in [0, 0.05) is 19.4 Å². The Bertz CT molecular complexity index is 460. The van der Waals surface area contributed by atoms with Gasteiger partial charge >= 0.3 is 0 Å². The molecule has 0 bridgehead atoms. The molecule has 128 valence electrons. The molecule has 0 radical (unpaired) electrons. The van der Waals surface area contributed by atoms with Crippen LogP contribution in [0.25, 0.3) is 0 Å². The van der Waals surface area contributed by atoms with Gasteiger partial charge in [-0.1, -0.05) is 62.9 Å². The van der Waals surface area contributed by atoms with E-state index in [1.54, 1.807) is 0 Å². The zero-order valence-corrected chi connectivity index (χ0v) is 14.4. The molecule has 2 N–H and O–H groups in total. The number of benzene rings is 1. The number of nitrogens with one attached hydrogen (secondary N) is 2. The van der Waals surface area contributed by atoms with Crippen LogP contribution in [-0.4, -0.2) is 18.4 Å². The lowest BCUT2D eigenvalue weighted by Crippen LogP contribution is -2.29. The van der Waals surface area contributed by atoms with E-state index >= 15 is 0 Å². The van der Waals surface area contributed by atoms with Crippen LogP contribution in [0.2, 0.25) is 0 Å². The Balaban J connectivity index is 2.12. The van der Waals surface area contributed by atoms with Gasteiger partial charge in [0.05, 0.1) is 6.04 Å². The monoisotopic (exact) mass is 318 g/mol. The minimum Gasteiger partial charge on any atom is -0.356 e. The number of hydrogen-bond acceptors (Lipinski definition) is 2. The summed E-state index contributed by atoms with van der Waals surface area (Å²) in [5.41, 5.74) is 1.07. The van der Waals surface area contributed by atoms with E-state index in [1.807, 2.05) is 37.3 Å². The molecule has 1 aromatic rings. The third-order valence-electron chi connectivity index (χ3n) is 3.86. The highest BCUT2D eigenvalue weighted by Crippen LogP contribution is 2.11. The first kappa shape index (κ1) is 19.2. The van der Waals surface area contributed by atoms with Crippen LogP contribution in [0.4, 0.5) is 0 Å². The molecule has 2 amide bonds. The Morgan fingerprint density at radius 3 is 2.30 bits per heavy atom. The van der Waals surface area contributed by atoms with Crippen LogP contribution in [-0.2, 0) is 9.59 Å². The molecule has 0 fully saturated rings. The zero-order valence-electron chi connectivity index (χ0n) is 14.4. The molecule has 0 aliphatic rings. The second kappa shape index (κ2) is 11.7. The van der Waals surface area contributed by atoms with Gasteiger partial charge in [-0.15, -0.1) is 0 Å². The number of carbonyl (C=O) groups is 2.